The van der Waals surface area contributed by atoms with Gasteiger partial charge >= 0.3 is 0 Å². The number of hydrazone groups is 1. The van der Waals surface area contributed by atoms with Crippen LogP contribution in [-0.2, 0) is 4.79 Å². The van der Waals surface area contributed by atoms with Gasteiger partial charge < -0.3 is 9.72 Å². The number of methoxy groups -OCH3 is 1. The molecule has 0 spiro atoms. The number of rotatable bonds is 5. The third-order valence-corrected chi connectivity index (χ3v) is 6.22. The highest BCUT2D eigenvalue weighted by atomic mass is 16.5. The zero-order chi connectivity index (χ0) is 23.7. The number of para-hydroxylation sites is 3. The van der Waals surface area contributed by atoms with Gasteiger partial charge in [-0.2, -0.15) is 5.10 Å². The number of aliphatic imine (C=N–C) groups is 1. The Labute approximate surface area is 198 Å². The molecule has 3 aromatic carbocycles. The first-order valence-electron chi connectivity index (χ1n) is 11.3. The summed E-state index contributed by atoms with van der Waals surface area (Å²) in [4.78, 5) is 20.7. The summed E-state index contributed by atoms with van der Waals surface area (Å²) >= 11 is 0. The van der Waals surface area contributed by atoms with Gasteiger partial charge in [0.1, 0.15) is 5.75 Å². The number of hydrogen-bond acceptors (Lipinski definition) is 4. The summed E-state index contributed by atoms with van der Waals surface area (Å²) in [6, 6.07) is 23.7. The first kappa shape index (κ1) is 21.6. The van der Waals surface area contributed by atoms with E-state index in [1.165, 1.54) is 0 Å². The number of aromatic amines is 1. The summed E-state index contributed by atoms with van der Waals surface area (Å²) in [7, 11) is 1.64. The van der Waals surface area contributed by atoms with E-state index in [9.17, 15) is 4.79 Å². The van der Waals surface area contributed by atoms with Gasteiger partial charge in [0.25, 0.3) is 0 Å². The molecule has 0 bridgehead atoms. The Bertz CT molecular complexity index is 1430. The molecule has 1 aliphatic heterocycles. The fourth-order valence-corrected chi connectivity index (χ4v) is 4.58. The smallest absolute Gasteiger partial charge is 0.240 e. The topological polar surface area (TPSA) is 70.0 Å². The summed E-state index contributed by atoms with van der Waals surface area (Å²) in [5, 5.41) is 7.42. The van der Waals surface area contributed by atoms with Crippen LogP contribution >= 0.6 is 0 Å². The number of nitrogens with zero attached hydrogens (tertiary/aromatic N) is 3. The number of aromatic nitrogens is 1. The molecular formula is C28H26N4O2. The molecule has 170 valence electrons. The van der Waals surface area contributed by atoms with Crippen molar-refractivity contribution >= 4 is 34.4 Å². The van der Waals surface area contributed by atoms with Crippen molar-refractivity contribution in [3.8, 4) is 5.75 Å². The summed E-state index contributed by atoms with van der Waals surface area (Å²) in [5.74, 6) is 0.637. The van der Waals surface area contributed by atoms with Gasteiger partial charge in [0.2, 0.25) is 5.91 Å². The first-order valence-corrected chi connectivity index (χ1v) is 11.3. The number of benzene rings is 3. The maximum Gasteiger partial charge on any atom is 0.240 e. The number of hydrogen-bond donors (Lipinski definition) is 1. The lowest BCUT2D eigenvalue weighted by molar-refractivity contribution is -0.130. The number of fused-ring (bicyclic) bond motifs is 1. The predicted molar refractivity (Wildman–Crippen MR) is 136 cm³/mol. The summed E-state index contributed by atoms with van der Waals surface area (Å²) in [5.41, 5.74) is 6.72. The summed E-state index contributed by atoms with van der Waals surface area (Å²) in [6.45, 7) is 3.59. The minimum atomic E-state index is -0.225. The SMILES string of the molecule is COc1ccccc1C1CC(c2ccccc2N=Cc2c(C)[nH]c3ccccc23)=NN1C(C)=O. The van der Waals surface area contributed by atoms with Crippen LogP contribution in [0.1, 0.15) is 41.8 Å². The quantitative estimate of drug-likeness (QED) is 0.383. The zero-order valence-corrected chi connectivity index (χ0v) is 19.4. The van der Waals surface area contributed by atoms with Crippen LogP contribution in [0.4, 0.5) is 5.69 Å². The van der Waals surface area contributed by atoms with E-state index in [1.54, 1.807) is 19.0 Å². The molecule has 1 aromatic heterocycles. The highest BCUT2D eigenvalue weighted by molar-refractivity contribution is 6.08. The number of carbonyl (C=O) groups excluding carboxylic acids is 1. The summed E-state index contributed by atoms with van der Waals surface area (Å²) in [6.07, 6.45) is 2.49. The fraction of sp³-hybridized carbons (Fsp3) is 0.179. The van der Waals surface area contributed by atoms with Gasteiger partial charge in [-0.15, -0.1) is 0 Å². The molecule has 6 nitrogen and oxygen atoms in total. The van der Waals surface area contributed by atoms with Crippen molar-refractivity contribution in [3.63, 3.8) is 0 Å². The normalized spacial score (nSPS) is 15.8. The van der Waals surface area contributed by atoms with Gasteiger partial charge in [-0.1, -0.05) is 54.6 Å². The molecule has 1 aliphatic rings. The third kappa shape index (κ3) is 3.88. The minimum absolute atomic E-state index is 0.110. The number of carbonyl (C=O) groups is 1. The second kappa shape index (κ2) is 8.98. The van der Waals surface area contributed by atoms with E-state index in [1.807, 2.05) is 66.9 Å². The van der Waals surface area contributed by atoms with Gasteiger partial charge in [-0.3, -0.25) is 9.79 Å². The highest BCUT2D eigenvalue weighted by Gasteiger charge is 2.33. The molecule has 0 saturated heterocycles. The first-order chi connectivity index (χ1) is 16.6. The fourth-order valence-electron chi connectivity index (χ4n) is 4.58. The van der Waals surface area contributed by atoms with Gasteiger partial charge in [0, 0.05) is 52.8 Å². The number of ether oxygens (including phenoxy) is 1. The monoisotopic (exact) mass is 450 g/mol. The average Bonchev–Trinajstić information content (AvgIpc) is 3.44. The molecule has 5 rings (SSSR count). The predicted octanol–water partition coefficient (Wildman–Crippen LogP) is 5.93. The van der Waals surface area contributed by atoms with Crippen LogP contribution in [0, 0.1) is 6.92 Å². The molecule has 1 atom stereocenters. The minimum Gasteiger partial charge on any atom is -0.496 e. The van der Waals surface area contributed by atoms with E-state index in [4.69, 9.17) is 14.8 Å². The lowest BCUT2D eigenvalue weighted by Crippen LogP contribution is -2.24. The van der Waals surface area contributed by atoms with Crippen LogP contribution in [0.15, 0.2) is 82.9 Å². The van der Waals surface area contributed by atoms with Crippen LogP contribution in [0.2, 0.25) is 0 Å². The number of aryl methyl sites for hydroxylation is 1. The Hall–Kier alpha value is -4.19. The van der Waals surface area contributed by atoms with Crippen molar-refractivity contribution in [3.05, 3.63) is 95.2 Å². The van der Waals surface area contributed by atoms with Crippen LogP contribution in [0.5, 0.6) is 5.75 Å². The Balaban J connectivity index is 1.52. The Kier molecular flexibility index (Phi) is 5.72. The Morgan fingerprint density at radius 1 is 1.09 bits per heavy atom. The lowest BCUT2D eigenvalue weighted by atomic mass is 9.97. The van der Waals surface area contributed by atoms with E-state index < -0.39 is 0 Å². The van der Waals surface area contributed by atoms with E-state index in [2.05, 4.69) is 24.0 Å². The van der Waals surface area contributed by atoms with Crippen molar-refractivity contribution in [1.29, 1.82) is 0 Å². The third-order valence-electron chi connectivity index (χ3n) is 6.22. The average molecular weight is 451 g/mol. The van der Waals surface area contributed by atoms with E-state index in [0.717, 1.165) is 50.4 Å². The largest absolute Gasteiger partial charge is 0.496 e. The van der Waals surface area contributed by atoms with Crippen LogP contribution < -0.4 is 4.74 Å². The van der Waals surface area contributed by atoms with Crippen molar-refractivity contribution in [1.82, 2.24) is 9.99 Å². The molecule has 2 heterocycles. The maximum absolute atomic E-state index is 12.5. The molecule has 0 saturated carbocycles. The molecule has 0 aliphatic carbocycles. The van der Waals surface area contributed by atoms with Crippen LogP contribution in [-0.4, -0.2) is 34.9 Å². The van der Waals surface area contributed by atoms with E-state index in [-0.39, 0.29) is 11.9 Å². The van der Waals surface area contributed by atoms with Gasteiger partial charge in [0.05, 0.1) is 24.6 Å². The maximum atomic E-state index is 12.5. The highest BCUT2D eigenvalue weighted by Crippen LogP contribution is 2.38. The van der Waals surface area contributed by atoms with Gasteiger partial charge in [0.15, 0.2) is 0 Å². The van der Waals surface area contributed by atoms with Crippen molar-refractivity contribution in [2.75, 3.05) is 7.11 Å². The molecule has 4 aromatic rings. The van der Waals surface area contributed by atoms with Gasteiger partial charge in [-0.05, 0) is 25.1 Å². The van der Waals surface area contributed by atoms with E-state index in [0.29, 0.717) is 6.42 Å². The molecule has 1 N–H and O–H groups in total. The number of H-pyrrole nitrogens is 1. The number of nitrogens with one attached hydrogen (secondary N) is 1. The second-order valence-electron chi connectivity index (χ2n) is 8.36. The molecule has 1 amide bonds. The standard InChI is InChI=1S/C28H26N4O2/c1-18-23(20-10-4-8-14-25(20)30-18)17-29-24-13-7-5-11-21(24)26-16-27(32(31-26)19(2)33)22-12-6-9-15-28(22)34-3/h4-15,17,27,30H,16H2,1-3H3. The molecule has 0 radical (unpaired) electrons. The van der Waals surface area contributed by atoms with Crippen molar-refractivity contribution in [2.45, 2.75) is 26.3 Å². The second-order valence-corrected chi connectivity index (χ2v) is 8.36. The molecule has 34 heavy (non-hydrogen) atoms. The Morgan fingerprint density at radius 3 is 2.65 bits per heavy atom. The molecule has 0 fully saturated rings. The van der Waals surface area contributed by atoms with E-state index >= 15 is 0 Å². The summed E-state index contributed by atoms with van der Waals surface area (Å²) < 4.78 is 5.56. The van der Waals surface area contributed by atoms with Gasteiger partial charge in [-0.25, -0.2) is 5.01 Å². The van der Waals surface area contributed by atoms with Crippen molar-refractivity contribution < 1.29 is 9.53 Å². The Morgan fingerprint density at radius 2 is 1.82 bits per heavy atom. The lowest BCUT2D eigenvalue weighted by Gasteiger charge is -2.22. The molecule has 1 unspecified atom stereocenters. The molecular weight excluding hydrogens is 424 g/mol. The van der Waals surface area contributed by atoms with Crippen LogP contribution in [0.3, 0.4) is 0 Å². The molecule has 6 heteroatoms. The van der Waals surface area contributed by atoms with Crippen LogP contribution in [0.25, 0.3) is 10.9 Å². The number of amides is 1. The van der Waals surface area contributed by atoms with Crippen molar-refractivity contribution in [2.24, 2.45) is 10.1 Å². The zero-order valence-electron chi connectivity index (χ0n) is 19.4.